The summed E-state index contributed by atoms with van der Waals surface area (Å²) < 4.78 is 11.6. The van der Waals surface area contributed by atoms with Crippen molar-refractivity contribution in [1.82, 2.24) is 0 Å². The largest absolute Gasteiger partial charge is 0.348 e. The summed E-state index contributed by atoms with van der Waals surface area (Å²) in [5, 5.41) is 0. The second kappa shape index (κ2) is 3.49. The smallest absolute Gasteiger partial charge is 0.168 e. The van der Waals surface area contributed by atoms with Crippen molar-refractivity contribution >= 4 is 0 Å². The monoisotopic (exact) mass is 198 g/mol. The molecule has 1 aliphatic carbocycles. The highest BCUT2D eigenvalue weighted by Crippen LogP contribution is 2.45. The first-order valence-electron chi connectivity index (χ1n) is 5.80. The van der Waals surface area contributed by atoms with Gasteiger partial charge in [-0.2, -0.15) is 0 Å². The maximum atomic E-state index is 5.78. The maximum Gasteiger partial charge on any atom is 0.168 e. The van der Waals surface area contributed by atoms with Gasteiger partial charge in [0.05, 0.1) is 13.2 Å². The van der Waals surface area contributed by atoms with Gasteiger partial charge in [-0.1, -0.05) is 20.8 Å². The molecule has 0 aromatic rings. The molecule has 1 spiro atoms. The van der Waals surface area contributed by atoms with Crippen LogP contribution in [-0.4, -0.2) is 19.0 Å². The van der Waals surface area contributed by atoms with Crippen LogP contribution in [0.3, 0.4) is 0 Å². The average molecular weight is 198 g/mol. The van der Waals surface area contributed by atoms with Gasteiger partial charge in [0.25, 0.3) is 0 Å². The summed E-state index contributed by atoms with van der Waals surface area (Å²) in [6, 6.07) is 0. The molecule has 0 aromatic heterocycles. The number of rotatable bonds is 0. The third kappa shape index (κ3) is 1.96. The molecular formula is C12H22O2. The van der Waals surface area contributed by atoms with Crippen LogP contribution in [0.25, 0.3) is 0 Å². The minimum absolute atomic E-state index is 0.198. The van der Waals surface area contributed by atoms with Gasteiger partial charge in [-0.05, 0) is 24.2 Å². The lowest BCUT2D eigenvalue weighted by atomic mass is 9.70. The van der Waals surface area contributed by atoms with Gasteiger partial charge in [-0.15, -0.1) is 0 Å². The average Bonchev–Trinajstić information content (AvgIpc) is 2.52. The third-order valence-corrected chi connectivity index (χ3v) is 3.71. The molecule has 1 atom stereocenters. The highest BCUT2D eigenvalue weighted by atomic mass is 16.7. The van der Waals surface area contributed by atoms with Crippen LogP contribution in [0.15, 0.2) is 0 Å². The van der Waals surface area contributed by atoms with Gasteiger partial charge in [0.1, 0.15) is 0 Å². The summed E-state index contributed by atoms with van der Waals surface area (Å²) >= 11 is 0. The molecule has 0 aromatic carbocycles. The number of hydrogen-bond donors (Lipinski definition) is 0. The van der Waals surface area contributed by atoms with Crippen molar-refractivity contribution in [2.75, 3.05) is 13.2 Å². The van der Waals surface area contributed by atoms with Gasteiger partial charge in [-0.3, -0.25) is 0 Å². The SMILES string of the molecule is CC(C)(C)C1CCCC2(C1)OCCO2. The fourth-order valence-electron chi connectivity index (χ4n) is 2.70. The summed E-state index contributed by atoms with van der Waals surface area (Å²) in [5.41, 5.74) is 0.392. The van der Waals surface area contributed by atoms with Crippen molar-refractivity contribution < 1.29 is 9.47 Å². The van der Waals surface area contributed by atoms with Crippen LogP contribution < -0.4 is 0 Å². The van der Waals surface area contributed by atoms with Gasteiger partial charge >= 0.3 is 0 Å². The Kier molecular flexibility index (Phi) is 2.61. The minimum Gasteiger partial charge on any atom is -0.348 e. The molecule has 2 nitrogen and oxygen atoms in total. The van der Waals surface area contributed by atoms with Crippen LogP contribution in [0.2, 0.25) is 0 Å². The zero-order valence-electron chi connectivity index (χ0n) is 9.64. The zero-order chi connectivity index (χ0) is 10.2. The first-order valence-corrected chi connectivity index (χ1v) is 5.80. The molecule has 2 rings (SSSR count). The molecule has 14 heavy (non-hydrogen) atoms. The van der Waals surface area contributed by atoms with E-state index in [1.807, 2.05) is 0 Å². The molecule has 0 radical (unpaired) electrons. The van der Waals surface area contributed by atoms with Crippen LogP contribution in [0.1, 0.15) is 46.5 Å². The normalized spacial score (nSPS) is 32.4. The first kappa shape index (κ1) is 10.4. The second-order valence-corrected chi connectivity index (χ2v) is 5.77. The summed E-state index contributed by atoms with van der Waals surface area (Å²) in [6.07, 6.45) is 4.77. The van der Waals surface area contributed by atoms with Gasteiger partial charge in [-0.25, -0.2) is 0 Å². The second-order valence-electron chi connectivity index (χ2n) is 5.77. The Morgan fingerprint density at radius 1 is 1.14 bits per heavy atom. The lowest BCUT2D eigenvalue weighted by Gasteiger charge is -2.41. The van der Waals surface area contributed by atoms with Crippen molar-refractivity contribution in [3.05, 3.63) is 0 Å². The van der Waals surface area contributed by atoms with Crippen molar-refractivity contribution in [2.45, 2.75) is 52.2 Å². The quantitative estimate of drug-likeness (QED) is 0.596. The van der Waals surface area contributed by atoms with Crippen LogP contribution in [0.5, 0.6) is 0 Å². The Balaban J connectivity index is 2.03. The predicted molar refractivity (Wildman–Crippen MR) is 56.0 cm³/mol. The van der Waals surface area contributed by atoms with E-state index in [2.05, 4.69) is 20.8 Å². The van der Waals surface area contributed by atoms with E-state index in [0.717, 1.165) is 32.0 Å². The van der Waals surface area contributed by atoms with Crippen molar-refractivity contribution in [1.29, 1.82) is 0 Å². The molecule has 2 heteroatoms. The van der Waals surface area contributed by atoms with Gasteiger partial charge in [0.2, 0.25) is 0 Å². The molecule has 2 fully saturated rings. The van der Waals surface area contributed by atoms with Crippen LogP contribution in [0.4, 0.5) is 0 Å². The van der Waals surface area contributed by atoms with Crippen LogP contribution in [-0.2, 0) is 9.47 Å². The fourth-order valence-corrected chi connectivity index (χ4v) is 2.70. The molecule has 0 bridgehead atoms. The lowest BCUT2D eigenvalue weighted by Crippen LogP contribution is -2.40. The van der Waals surface area contributed by atoms with E-state index in [9.17, 15) is 0 Å². The highest BCUT2D eigenvalue weighted by molar-refractivity contribution is 4.88. The van der Waals surface area contributed by atoms with E-state index in [1.165, 1.54) is 12.8 Å². The highest BCUT2D eigenvalue weighted by Gasteiger charge is 2.44. The Morgan fingerprint density at radius 3 is 2.36 bits per heavy atom. The lowest BCUT2D eigenvalue weighted by molar-refractivity contribution is -0.194. The Hall–Kier alpha value is -0.0800. The van der Waals surface area contributed by atoms with E-state index >= 15 is 0 Å². The van der Waals surface area contributed by atoms with E-state index in [4.69, 9.17) is 9.47 Å². The molecule has 2 aliphatic rings. The van der Waals surface area contributed by atoms with E-state index in [-0.39, 0.29) is 5.79 Å². The van der Waals surface area contributed by atoms with Crippen molar-refractivity contribution in [3.8, 4) is 0 Å². The molecule has 1 heterocycles. The van der Waals surface area contributed by atoms with Gasteiger partial charge < -0.3 is 9.47 Å². The van der Waals surface area contributed by atoms with Crippen LogP contribution >= 0.6 is 0 Å². The topological polar surface area (TPSA) is 18.5 Å². The minimum atomic E-state index is -0.198. The van der Waals surface area contributed by atoms with Crippen LogP contribution in [0, 0.1) is 11.3 Å². The summed E-state index contributed by atoms with van der Waals surface area (Å²) in [4.78, 5) is 0. The molecule has 0 amide bonds. The zero-order valence-corrected chi connectivity index (χ0v) is 9.64. The predicted octanol–water partition coefficient (Wildman–Crippen LogP) is 2.97. The molecule has 1 saturated heterocycles. The van der Waals surface area contributed by atoms with Gasteiger partial charge in [0.15, 0.2) is 5.79 Å². The summed E-state index contributed by atoms with van der Waals surface area (Å²) in [5.74, 6) is 0.547. The van der Waals surface area contributed by atoms with Crippen molar-refractivity contribution in [2.24, 2.45) is 11.3 Å². The van der Waals surface area contributed by atoms with E-state index in [1.54, 1.807) is 0 Å². The molecule has 0 N–H and O–H groups in total. The summed E-state index contributed by atoms with van der Waals surface area (Å²) in [7, 11) is 0. The Labute approximate surface area is 87.0 Å². The molecular weight excluding hydrogens is 176 g/mol. The fraction of sp³-hybridized carbons (Fsp3) is 1.00. The number of hydrogen-bond acceptors (Lipinski definition) is 2. The van der Waals surface area contributed by atoms with Crippen molar-refractivity contribution in [3.63, 3.8) is 0 Å². The molecule has 82 valence electrons. The Bertz CT molecular complexity index is 199. The van der Waals surface area contributed by atoms with E-state index in [0.29, 0.717) is 5.41 Å². The first-order chi connectivity index (χ1) is 6.52. The number of ether oxygens (including phenoxy) is 2. The summed E-state index contributed by atoms with van der Waals surface area (Å²) in [6.45, 7) is 8.55. The Morgan fingerprint density at radius 2 is 1.79 bits per heavy atom. The van der Waals surface area contributed by atoms with Gasteiger partial charge in [0, 0.05) is 12.8 Å². The molecule has 1 aliphatic heterocycles. The van der Waals surface area contributed by atoms with E-state index < -0.39 is 0 Å². The maximum absolute atomic E-state index is 5.78. The standard InChI is InChI=1S/C12H22O2/c1-11(2,3)10-5-4-6-12(9-10)13-7-8-14-12/h10H,4-9H2,1-3H3. The molecule has 1 saturated carbocycles. The third-order valence-electron chi connectivity index (χ3n) is 3.71. The molecule has 1 unspecified atom stereocenters.